The molecule has 2 nitrogen and oxygen atoms in total. The SMILES string of the molecule is COc1ccccc1CC(N)CC1CCCCC1. The van der Waals surface area contributed by atoms with Crippen LogP contribution in [-0.2, 0) is 6.42 Å². The molecule has 0 bridgehead atoms. The number of benzene rings is 1. The van der Waals surface area contributed by atoms with Crippen LogP contribution in [0.3, 0.4) is 0 Å². The molecule has 1 aliphatic carbocycles. The Morgan fingerprint density at radius 3 is 2.67 bits per heavy atom. The zero-order valence-electron chi connectivity index (χ0n) is 11.4. The van der Waals surface area contributed by atoms with Crippen LogP contribution in [0.5, 0.6) is 5.75 Å². The van der Waals surface area contributed by atoms with Gasteiger partial charge in [-0.3, -0.25) is 0 Å². The van der Waals surface area contributed by atoms with Gasteiger partial charge in [0.15, 0.2) is 0 Å². The molecule has 2 rings (SSSR count). The summed E-state index contributed by atoms with van der Waals surface area (Å²) in [4.78, 5) is 0. The van der Waals surface area contributed by atoms with E-state index in [1.54, 1.807) is 7.11 Å². The quantitative estimate of drug-likeness (QED) is 0.863. The van der Waals surface area contributed by atoms with Crippen molar-refractivity contribution in [3.8, 4) is 5.75 Å². The Morgan fingerprint density at radius 2 is 1.94 bits per heavy atom. The summed E-state index contributed by atoms with van der Waals surface area (Å²) < 4.78 is 5.38. The van der Waals surface area contributed by atoms with Crippen LogP contribution in [0, 0.1) is 5.92 Å². The van der Waals surface area contributed by atoms with Gasteiger partial charge in [0.2, 0.25) is 0 Å². The van der Waals surface area contributed by atoms with E-state index in [4.69, 9.17) is 10.5 Å². The summed E-state index contributed by atoms with van der Waals surface area (Å²) in [5.41, 5.74) is 7.54. The second-order valence-electron chi connectivity index (χ2n) is 5.52. The van der Waals surface area contributed by atoms with Crippen molar-refractivity contribution in [2.45, 2.75) is 51.0 Å². The van der Waals surface area contributed by atoms with Gasteiger partial charge in [-0.25, -0.2) is 0 Å². The van der Waals surface area contributed by atoms with Crippen molar-refractivity contribution in [2.75, 3.05) is 7.11 Å². The van der Waals surface area contributed by atoms with E-state index in [1.807, 2.05) is 12.1 Å². The standard InChI is InChI=1S/C16H25NO/c1-18-16-10-6-5-9-14(16)12-15(17)11-13-7-3-2-4-8-13/h5-6,9-10,13,15H,2-4,7-8,11-12,17H2,1H3. The molecule has 0 saturated heterocycles. The van der Waals surface area contributed by atoms with Crippen LogP contribution >= 0.6 is 0 Å². The molecule has 100 valence electrons. The number of methoxy groups -OCH3 is 1. The Labute approximate surface area is 111 Å². The number of para-hydroxylation sites is 1. The molecule has 0 amide bonds. The number of rotatable bonds is 5. The van der Waals surface area contributed by atoms with Gasteiger partial charge < -0.3 is 10.5 Å². The minimum absolute atomic E-state index is 0.268. The summed E-state index contributed by atoms with van der Waals surface area (Å²) in [7, 11) is 1.73. The Balaban J connectivity index is 1.87. The lowest BCUT2D eigenvalue weighted by Gasteiger charge is -2.24. The van der Waals surface area contributed by atoms with Gasteiger partial charge in [0.05, 0.1) is 7.11 Å². The molecule has 1 atom stereocenters. The van der Waals surface area contributed by atoms with Crippen molar-refractivity contribution in [3.63, 3.8) is 0 Å². The molecule has 0 radical (unpaired) electrons. The Morgan fingerprint density at radius 1 is 1.22 bits per heavy atom. The first-order valence-corrected chi connectivity index (χ1v) is 7.17. The predicted octanol–water partition coefficient (Wildman–Crippen LogP) is 3.54. The fourth-order valence-corrected chi connectivity index (χ4v) is 3.09. The lowest BCUT2D eigenvalue weighted by Crippen LogP contribution is -2.27. The van der Waals surface area contributed by atoms with Gasteiger partial charge in [0.25, 0.3) is 0 Å². The molecule has 0 heterocycles. The average Bonchev–Trinajstić information content (AvgIpc) is 2.40. The highest BCUT2D eigenvalue weighted by atomic mass is 16.5. The van der Waals surface area contributed by atoms with E-state index in [2.05, 4.69) is 12.1 Å². The molecule has 1 aromatic rings. The summed E-state index contributed by atoms with van der Waals surface area (Å²) in [6.07, 6.45) is 9.05. The number of hydrogen-bond acceptors (Lipinski definition) is 2. The molecule has 1 unspecified atom stereocenters. The van der Waals surface area contributed by atoms with Crippen LogP contribution in [0.1, 0.15) is 44.1 Å². The molecular weight excluding hydrogens is 222 g/mol. The maximum absolute atomic E-state index is 6.30. The second kappa shape index (κ2) is 6.79. The third-order valence-corrected chi connectivity index (χ3v) is 4.04. The number of ether oxygens (including phenoxy) is 1. The third kappa shape index (κ3) is 3.74. The smallest absolute Gasteiger partial charge is 0.122 e. The van der Waals surface area contributed by atoms with Gasteiger partial charge in [-0.1, -0.05) is 50.3 Å². The van der Waals surface area contributed by atoms with E-state index in [0.717, 1.165) is 24.5 Å². The lowest BCUT2D eigenvalue weighted by atomic mass is 9.84. The molecule has 0 aromatic heterocycles. The highest BCUT2D eigenvalue weighted by molar-refractivity contribution is 5.33. The van der Waals surface area contributed by atoms with Crippen molar-refractivity contribution in [2.24, 2.45) is 11.7 Å². The van der Waals surface area contributed by atoms with Crippen LogP contribution < -0.4 is 10.5 Å². The van der Waals surface area contributed by atoms with Crippen LogP contribution in [0.25, 0.3) is 0 Å². The molecule has 1 saturated carbocycles. The molecule has 0 aliphatic heterocycles. The summed E-state index contributed by atoms with van der Waals surface area (Å²) in [6.45, 7) is 0. The largest absolute Gasteiger partial charge is 0.496 e. The third-order valence-electron chi connectivity index (χ3n) is 4.04. The predicted molar refractivity (Wildman–Crippen MR) is 75.9 cm³/mol. The Bertz CT molecular complexity index is 358. The zero-order valence-corrected chi connectivity index (χ0v) is 11.4. The number of nitrogens with two attached hydrogens (primary N) is 1. The first-order chi connectivity index (χ1) is 8.79. The van der Waals surface area contributed by atoms with Crippen LogP contribution in [-0.4, -0.2) is 13.2 Å². The van der Waals surface area contributed by atoms with Gasteiger partial charge in [-0.05, 0) is 30.4 Å². The zero-order chi connectivity index (χ0) is 12.8. The van der Waals surface area contributed by atoms with Gasteiger partial charge in [0.1, 0.15) is 5.75 Å². The molecule has 18 heavy (non-hydrogen) atoms. The van der Waals surface area contributed by atoms with E-state index in [9.17, 15) is 0 Å². The molecule has 1 aliphatic rings. The van der Waals surface area contributed by atoms with E-state index < -0.39 is 0 Å². The summed E-state index contributed by atoms with van der Waals surface area (Å²) >= 11 is 0. The first kappa shape index (κ1) is 13.4. The van der Waals surface area contributed by atoms with E-state index in [1.165, 1.54) is 37.7 Å². The molecular formula is C16H25NO. The van der Waals surface area contributed by atoms with Gasteiger partial charge in [-0.2, -0.15) is 0 Å². The number of hydrogen-bond donors (Lipinski definition) is 1. The topological polar surface area (TPSA) is 35.2 Å². The van der Waals surface area contributed by atoms with Crippen molar-refractivity contribution in [3.05, 3.63) is 29.8 Å². The maximum Gasteiger partial charge on any atom is 0.122 e. The highest BCUT2D eigenvalue weighted by Crippen LogP contribution is 2.28. The van der Waals surface area contributed by atoms with Crippen molar-refractivity contribution in [1.29, 1.82) is 0 Å². The van der Waals surface area contributed by atoms with Crippen molar-refractivity contribution < 1.29 is 4.74 Å². The van der Waals surface area contributed by atoms with E-state index in [-0.39, 0.29) is 6.04 Å². The first-order valence-electron chi connectivity index (χ1n) is 7.17. The Kier molecular flexibility index (Phi) is 5.06. The monoisotopic (exact) mass is 247 g/mol. The minimum Gasteiger partial charge on any atom is -0.496 e. The molecule has 1 fully saturated rings. The molecule has 2 heteroatoms. The second-order valence-corrected chi connectivity index (χ2v) is 5.52. The van der Waals surface area contributed by atoms with Crippen LogP contribution in [0.15, 0.2) is 24.3 Å². The van der Waals surface area contributed by atoms with Crippen LogP contribution in [0.2, 0.25) is 0 Å². The summed E-state index contributed by atoms with van der Waals surface area (Å²) in [6, 6.07) is 8.48. The van der Waals surface area contributed by atoms with Gasteiger partial charge in [-0.15, -0.1) is 0 Å². The highest BCUT2D eigenvalue weighted by Gasteiger charge is 2.17. The average molecular weight is 247 g/mol. The van der Waals surface area contributed by atoms with E-state index >= 15 is 0 Å². The van der Waals surface area contributed by atoms with Gasteiger partial charge >= 0.3 is 0 Å². The molecule has 1 aromatic carbocycles. The molecule has 2 N–H and O–H groups in total. The normalized spacial score (nSPS) is 18.6. The fourth-order valence-electron chi connectivity index (χ4n) is 3.09. The van der Waals surface area contributed by atoms with E-state index in [0.29, 0.717) is 0 Å². The fraction of sp³-hybridized carbons (Fsp3) is 0.625. The minimum atomic E-state index is 0.268. The summed E-state index contributed by atoms with van der Waals surface area (Å²) in [5, 5.41) is 0. The lowest BCUT2D eigenvalue weighted by molar-refractivity contribution is 0.315. The van der Waals surface area contributed by atoms with Crippen LogP contribution in [0.4, 0.5) is 0 Å². The van der Waals surface area contributed by atoms with Crippen molar-refractivity contribution in [1.82, 2.24) is 0 Å². The van der Waals surface area contributed by atoms with Gasteiger partial charge in [0, 0.05) is 6.04 Å². The summed E-state index contributed by atoms with van der Waals surface area (Å²) in [5.74, 6) is 1.82. The molecule has 0 spiro atoms. The Hall–Kier alpha value is -1.02. The van der Waals surface area contributed by atoms with Crippen molar-refractivity contribution >= 4 is 0 Å². The maximum atomic E-state index is 6.30.